The van der Waals surface area contributed by atoms with Gasteiger partial charge in [0.15, 0.2) is 12.2 Å². The highest BCUT2D eigenvalue weighted by molar-refractivity contribution is 7.47. The van der Waals surface area contributed by atoms with Crippen LogP contribution in [0, 0.1) is 0 Å². The molecule has 0 amide bonds. The largest absolute Gasteiger partial charge is 0.472 e. The topological polar surface area (TPSA) is 237 Å². The third-order valence-corrected chi connectivity index (χ3v) is 12.3. The van der Waals surface area contributed by atoms with Crippen molar-refractivity contribution in [2.24, 2.45) is 0 Å². The van der Waals surface area contributed by atoms with Crippen molar-refractivity contribution in [3.05, 3.63) is 0 Å². The Morgan fingerprint density at radius 3 is 0.938 bits per heavy atom. The maximum absolute atomic E-state index is 12.8. The van der Waals surface area contributed by atoms with Crippen LogP contribution in [0.25, 0.3) is 0 Å². The van der Waals surface area contributed by atoms with Gasteiger partial charge in [-0.1, -0.05) is 163 Å². The third kappa shape index (κ3) is 41.9. The van der Waals surface area contributed by atoms with Gasteiger partial charge in [0.05, 0.1) is 26.4 Å². The highest BCUT2D eigenvalue weighted by atomic mass is 31.2. The fourth-order valence-corrected chi connectivity index (χ4v) is 8.03. The van der Waals surface area contributed by atoms with Crippen LogP contribution in [-0.2, 0) is 65.4 Å². The van der Waals surface area contributed by atoms with Gasteiger partial charge >= 0.3 is 39.5 Å². The molecule has 0 aliphatic heterocycles. The molecule has 384 valence electrons. The minimum absolute atomic E-state index is 0.100. The number of carbonyl (C=O) groups is 4. The van der Waals surface area contributed by atoms with Crippen molar-refractivity contribution in [2.75, 3.05) is 39.6 Å². The van der Waals surface area contributed by atoms with Gasteiger partial charge in [0.1, 0.15) is 19.3 Å². The van der Waals surface area contributed by atoms with Gasteiger partial charge in [0.2, 0.25) is 0 Å². The van der Waals surface area contributed by atoms with Crippen LogP contribution in [0.4, 0.5) is 0 Å². The van der Waals surface area contributed by atoms with E-state index in [1.807, 2.05) is 6.92 Å². The first-order valence-corrected chi connectivity index (χ1v) is 27.8. The molecule has 17 nitrogen and oxygen atoms in total. The number of aliphatic hydroxyl groups is 1. The molecule has 0 aliphatic rings. The van der Waals surface area contributed by atoms with Crippen LogP contribution in [-0.4, -0.2) is 96.7 Å². The number of unbranched alkanes of at least 4 members (excludes halogenated alkanes) is 21. The monoisotopic (exact) mass is 975 g/mol. The molecule has 0 rings (SSSR count). The van der Waals surface area contributed by atoms with E-state index in [0.717, 1.165) is 103 Å². The quantitative estimate of drug-likeness (QED) is 0.0222. The summed E-state index contributed by atoms with van der Waals surface area (Å²) < 4.78 is 66.6. The number of rotatable bonds is 47. The van der Waals surface area contributed by atoms with E-state index in [2.05, 4.69) is 20.8 Å². The van der Waals surface area contributed by atoms with E-state index in [4.69, 9.17) is 37.0 Å². The lowest BCUT2D eigenvalue weighted by atomic mass is 10.1. The van der Waals surface area contributed by atoms with E-state index in [-0.39, 0.29) is 25.7 Å². The fourth-order valence-electron chi connectivity index (χ4n) is 6.45. The lowest BCUT2D eigenvalue weighted by molar-refractivity contribution is -0.161. The molecule has 5 atom stereocenters. The predicted octanol–water partition coefficient (Wildman–Crippen LogP) is 10.9. The van der Waals surface area contributed by atoms with Crippen molar-refractivity contribution in [3.8, 4) is 0 Å². The van der Waals surface area contributed by atoms with Crippen LogP contribution >= 0.6 is 15.6 Å². The first-order chi connectivity index (χ1) is 31.2. The van der Waals surface area contributed by atoms with Gasteiger partial charge in [-0.15, -0.1) is 0 Å². The number of hydrogen-bond acceptors (Lipinski definition) is 15. The number of phosphoric acid groups is 2. The normalized spacial score (nSPS) is 14.8. The summed E-state index contributed by atoms with van der Waals surface area (Å²) in [5.74, 6) is -2.20. The Morgan fingerprint density at radius 1 is 0.369 bits per heavy atom. The van der Waals surface area contributed by atoms with Crippen molar-refractivity contribution in [2.45, 2.75) is 232 Å². The number of phosphoric ester groups is 2. The van der Waals surface area contributed by atoms with Crippen LogP contribution < -0.4 is 0 Å². The molecule has 0 saturated carbocycles. The second-order valence-electron chi connectivity index (χ2n) is 16.8. The van der Waals surface area contributed by atoms with Crippen molar-refractivity contribution >= 4 is 39.5 Å². The van der Waals surface area contributed by atoms with Gasteiger partial charge in [0, 0.05) is 25.7 Å². The number of hydrogen-bond donors (Lipinski definition) is 3. The Kier molecular flexibility index (Phi) is 40.9. The number of aliphatic hydroxyl groups excluding tert-OH is 1. The minimum Gasteiger partial charge on any atom is -0.462 e. The van der Waals surface area contributed by atoms with E-state index in [1.165, 1.54) is 32.1 Å². The third-order valence-electron chi connectivity index (χ3n) is 10.4. The highest BCUT2D eigenvalue weighted by Gasteiger charge is 2.30. The molecule has 0 aromatic heterocycles. The molecule has 19 heteroatoms. The van der Waals surface area contributed by atoms with Crippen LogP contribution in [0.15, 0.2) is 0 Å². The van der Waals surface area contributed by atoms with Crippen molar-refractivity contribution in [1.82, 2.24) is 0 Å². The van der Waals surface area contributed by atoms with Crippen LogP contribution in [0.5, 0.6) is 0 Å². The van der Waals surface area contributed by atoms with Crippen molar-refractivity contribution in [1.29, 1.82) is 0 Å². The molecule has 0 aliphatic carbocycles. The van der Waals surface area contributed by atoms with Gasteiger partial charge in [0.25, 0.3) is 0 Å². The van der Waals surface area contributed by atoms with Gasteiger partial charge in [-0.2, -0.15) is 0 Å². The molecule has 0 aromatic rings. The van der Waals surface area contributed by atoms with Gasteiger partial charge in [-0.25, -0.2) is 9.13 Å². The summed E-state index contributed by atoms with van der Waals surface area (Å²) in [6.07, 6.45) is 20.9. The van der Waals surface area contributed by atoms with E-state index in [9.17, 15) is 43.2 Å². The number of ether oxygens (including phenoxy) is 4. The second kappa shape index (κ2) is 42.2. The fraction of sp³-hybridized carbons (Fsp3) is 0.913. The molecule has 0 fully saturated rings. The summed E-state index contributed by atoms with van der Waals surface area (Å²) in [4.78, 5) is 70.5. The number of carbonyl (C=O) groups excluding carboxylic acids is 4. The summed E-state index contributed by atoms with van der Waals surface area (Å²) in [6, 6.07) is 0. The predicted molar refractivity (Wildman–Crippen MR) is 248 cm³/mol. The van der Waals surface area contributed by atoms with E-state index < -0.39 is 97.5 Å². The van der Waals surface area contributed by atoms with Crippen LogP contribution in [0.2, 0.25) is 0 Å². The van der Waals surface area contributed by atoms with Gasteiger partial charge < -0.3 is 33.8 Å². The SMILES string of the molecule is CCCCCCCCCCC(=O)OC[C@H](COP(=O)(O)OC[C@@H](O)COP(=O)(O)OC[C@@H](COC(=O)CCCCC)OC(=O)CCCCCCCC)OC(=O)CCCCCCCCCC. The maximum Gasteiger partial charge on any atom is 0.472 e. The summed E-state index contributed by atoms with van der Waals surface area (Å²) in [6.45, 7) is 4.45. The van der Waals surface area contributed by atoms with E-state index in [1.54, 1.807) is 0 Å². The maximum atomic E-state index is 12.8. The second-order valence-corrected chi connectivity index (χ2v) is 19.7. The Balaban J connectivity index is 5.12. The Bertz CT molecular complexity index is 1300. The summed E-state index contributed by atoms with van der Waals surface area (Å²) >= 11 is 0. The molecule has 0 spiro atoms. The molecular weight excluding hydrogens is 886 g/mol. The van der Waals surface area contributed by atoms with Crippen molar-refractivity contribution < 1.29 is 80.2 Å². The smallest absolute Gasteiger partial charge is 0.462 e. The van der Waals surface area contributed by atoms with Crippen LogP contribution in [0.1, 0.15) is 214 Å². The van der Waals surface area contributed by atoms with Gasteiger partial charge in [-0.3, -0.25) is 37.3 Å². The first kappa shape index (κ1) is 63.1. The molecule has 0 bridgehead atoms. The lowest BCUT2D eigenvalue weighted by Crippen LogP contribution is -2.30. The summed E-state index contributed by atoms with van der Waals surface area (Å²) in [5, 5.41) is 10.3. The average molecular weight is 975 g/mol. The highest BCUT2D eigenvalue weighted by Crippen LogP contribution is 2.45. The molecular formula is C46H88O17P2. The Labute approximate surface area is 390 Å². The van der Waals surface area contributed by atoms with E-state index in [0.29, 0.717) is 25.7 Å². The van der Waals surface area contributed by atoms with Crippen molar-refractivity contribution in [3.63, 3.8) is 0 Å². The Hall–Kier alpha value is -1.94. The first-order valence-electron chi connectivity index (χ1n) is 24.8. The average Bonchev–Trinajstić information content (AvgIpc) is 3.27. The Morgan fingerprint density at radius 2 is 0.615 bits per heavy atom. The van der Waals surface area contributed by atoms with Gasteiger partial charge in [-0.05, 0) is 25.7 Å². The van der Waals surface area contributed by atoms with Crippen LogP contribution in [0.3, 0.4) is 0 Å². The standard InChI is InChI=1S/C46H88O17P2/c1-5-9-13-16-19-21-24-27-31-44(49)57-37-42(63-46(51)33-29-25-22-20-17-14-10-6-2)39-61-65(54,55)59-35-40(47)34-58-64(52,53)60-38-41(36-56-43(48)30-26-12-8-4)62-45(50)32-28-23-18-15-11-7-3/h40-42,47H,5-39H2,1-4H3,(H,52,53)(H,54,55)/t40-,41+,42+/m0/s1. The minimum atomic E-state index is -4.91. The molecule has 0 aromatic carbocycles. The zero-order valence-electron chi connectivity index (χ0n) is 40.4. The molecule has 0 heterocycles. The zero-order valence-corrected chi connectivity index (χ0v) is 42.2. The molecule has 0 saturated heterocycles. The molecule has 65 heavy (non-hydrogen) atoms. The molecule has 3 N–H and O–H groups in total. The molecule has 0 radical (unpaired) electrons. The summed E-state index contributed by atoms with van der Waals surface area (Å²) in [7, 11) is -9.82. The zero-order chi connectivity index (χ0) is 48.4. The summed E-state index contributed by atoms with van der Waals surface area (Å²) in [5.41, 5.74) is 0. The molecule has 2 unspecified atom stereocenters. The van der Waals surface area contributed by atoms with E-state index >= 15 is 0 Å². The number of esters is 4. The lowest BCUT2D eigenvalue weighted by Gasteiger charge is -2.21.